The number of hydrogen-bond acceptors (Lipinski definition) is 4. The van der Waals surface area contributed by atoms with E-state index in [9.17, 15) is 13.2 Å². The van der Waals surface area contributed by atoms with Gasteiger partial charge in [-0.15, -0.1) is 0 Å². The van der Waals surface area contributed by atoms with Gasteiger partial charge >= 0.3 is 0 Å². The van der Waals surface area contributed by atoms with Gasteiger partial charge in [-0.05, 0) is 30.4 Å². The first kappa shape index (κ1) is 16.4. The van der Waals surface area contributed by atoms with Crippen molar-refractivity contribution in [2.24, 2.45) is 0 Å². The second kappa shape index (κ2) is 6.42. The molecule has 2 aromatic rings. The number of H-pyrrole nitrogens is 1. The van der Waals surface area contributed by atoms with Gasteiger partial charge in [-0.3, -0.25) is 9.36 Å². The highest BCUT2D eigenvalue weighted by Crippen LogP contribution is 2.15. The topological polar surface area (TPSA) is 87.2 Å². The van der Waals surface area contributed by atoms with Crippen LogP contribution < -0.4 is 5.32 Å². The Labute approximate surface area is 133 Å². The summed E-state index contributed by atoms with van der Waals surface area (Å²) < 4.78 is 25.9. The molecule has 1 heterocycles. The van der Waals surface area contributed by atoms with Crippen molar-refractivity contribution in [1.29, 1.82) is 0 Å². The molecule has 1 aromatic carbocycles. The van der Waals surface area contributed by atoms with Gasteiger partial charge in [0.15, 0.2) is 4.77 Å². The number of imidazole rings is 1. The first-order valence-corrected chi connectivity index (χ1v) is 8.60. The van der Waals surface area contributed by atoms with Gasteiger partial charge in [0.2, 0.25) is 15.9 Å². The molecule has 0 bridgehead atoms. The minimum absolute atomic E-state index is 0.243. The molecule has 2 rings (SSSR count). The van der Waals surface area contributed by atoms with Crippen molar-refractivity contribution < 1.29 is 13.2 Å². The molecule has 0 spiro atoms. The molecule has 2 N–H and O–H groups in total. The van der Waals surface area contributed by atoms with Crippen LogP contribution in [-0.2, 0) is 14.8 Å². The van der Waals surface area contributed by atoms with Gasteiger partial charge in [-0.2, -0.15) is 4.31 Å². The number of amides is 1. The predicted octanol–water partition coefficient (Wildman–Crippen LogP) is 1.36. The number of nitrogens with one attached hydrogen (secondary N) is 2. The number of aromatic nitrogens is 2. The van der Waals surface area contributed by atoms with Crippen LogP contribution in [0.1, 0.15) is 0 Å². The van der Waals surface area contributed by atoms with Crippen molar-refractivity contribution in [2.75, 3.05) is 25.2 Å². The zero-order valence-corrected chi connectivity index (χ0v) is 13.7. The van der Waals surface area contributed by atoms with Gasteiger partial charge in [0, 0.05) is 30.8 Å². The quantitative estimate of drug-likeness (QED) is 0.805. The van der Waals surface area contributed by atoms with Crippen LogP contribution in [0, 0.1) is 4.77 Å². The van der Waals surface area contributed by atoms with Crippen LogP contribution in [0.4, 0.5) is 5.69 Å². The first-order chi connectivity index (χ1) is 10.3. The molecule has 0 saturated heterocycles. The molecular formula is C13H16N4O3S2. The fraction of sp³-hybridized carbons (Fsp3) is 0.231. The molecule has 0 fully saturated rings. The second-order valence-electron chi connectivity index (χ2n) is 4.75. The maximum atomic E-state index is 11.9. The highest BCUT2D eigenvalue weighted by atomic mass is 32.2. The molecule has 9 heteroatoms. The summed E-state index contributed by atoms with van der Waals surface area (Å²) in [5.74, 6) is -0.414. The Hall–Kier alpha value is -1.97. The van der Waals surface area contributed by atoms with Crippen LogP contribution in [0.25, 0.3) is 5.69 Å². The largest absolute Gasteiger partial charge is 0.337 e. The van der Waals surface area contributed by atoms with Crippen molar-refractivity contribution in [3.63, 3.8) is 0 Å². The van der Waals surface area contributed by atoms with E-state index in [1.54, 1.807) is 35.2 Å². The molecule has 1 aromatic heterocycles. The third kappa shape index (κ3) is 4.03. The lowest BCUT2D eigenvalue weighted by Gasteiger charge is -2.14. The van der Waals surface area contributed by atoms with E-state index in [0.29, 0.717) is 10.5 Å². The van der Waals surface area contributed by atoms with E-state index in [-0.39, 0.29) is 6.54 Å². The molecule has 0 aliphatic rings. The summed E-state index contributed by atoms with van der Waals surface area (Å²) in [4.78, 5) is 14.8. The van der Waals surface area contributed by atoms with Crippen molar-refractivity contribution >= 4 is 33.8 Å². The Balaban J connectivity index is 2.13. The maximum Gasteiger partial charge on any atom is 0.239 e. The van der Waals surface area contributed by atoms with E-state index in [1.165, 1.54) is 7.05 Å². The third-order valence-electron chi connectivity index (χ3n) is 2.99. The van der Waals surface area contributed by atoms with Gasteiger partial charge in [-0.1, -0.05) is 6.07 Å². The monoisotopic (exact) mass is 340 g/mol. The third-order valence-corrected chi connectivity index (χ3v) is 4.57. The average molecular weight is 340 g/mol. The molecule has 0 unspecified atom stereocenters. The Morgan fingerprint density at radius 1 is 1.45 bits per heavy atom. The molecule has 0 aliphatic carbocycles. The number of aromatic amines is 1. The van der Waals surface area contributed by atoms with Crippen LogP contribution in [0.2, 0.25) is 0 Å². The zero-order chi connectivity index (χ0) is 16.3. The maximum absolute atomic E-state index is 11.9. The van der Waals surface area contributed by atoms with Crippen LogP contribution in [0.5, 0.6) is 0 Å². The summed E-state index contributed by atoms with van der Waals surface area (Å²) >= 11 is 5.14. The number of benzene rings is 1. The standard InChI is InChI=1S/C13H16N4O3S2/c1-16(22(2,19)20)9-12(18)15-10-4-3-5-11(8-10)17-7-6-14-13(17)21/h3-8H,9H2,1-2H3,(H,14,21)(H,15,18). The number of nitrogens with zero attached hydrogens (tertiary/aromatic N) is 2. The van der Waals surface area contributed by atoms with Crippen LogP contribution >= 0.6 is 12.2 Å². The van der Waals surface area contributed by atoms with Crippen molar-refractivity contribution in [3.05, 3.63) is 41.4 Å². The average Bonchev–Trinajstić information content (AvgIpc) is 2.84. The van der Waals surface area contributed by atoms with Crippen LogP contribution in [0.3, 0.4) is 0 Å². The lowest BCUT2D eigenvalue weighted by Crippen LogP contribution is -2.34. The van der Waals surface area contributed by atoms with E-state index in [0.717, 1.165) is 16.2 Å². The van der Waals surface area contributed by atoms with E-state index >= 15 is 0 Å². The minimum Gasteiger partial charge on any atom is -0.337 e. The van der Waals surface area contributed by atoms with E-state index in [1.807, 2.05) is 6.07 Å². The molecular weight excluding hydrogens is 324 g/mol. The van der Waals surface area contributed by atoms with Gasteiger partial charge in [0.1, 0.15) is 0 Å². The molecule has 0 radical (unpaired) electrons. The van der Waals surface area contributed by atoms with Gasteiger partial charge in [-0.25, -0.2) is 8.42 Å². The molecule has 0 saturated carbocycles. The first-order valence-electron chi connectivity index (χ1n) is 6.35. The van der Waals surface area contributed by atoms with Crippen molar-refractivity contribution in [2.45, 2.75) is 0 Å². The zero-order valence-electron chi connectivity index (χ0n) is 12.1. The van der Waals surface area contributed by atoms with Gasteiger partial charge in [0.05, 0.1) is 12.8 Å². The molecule has 7 nitrogen and oxygen atoms in total. The second-order valence-corrected chi connectivity index (χ2v) is 7.23. The van der Waals surface area contributed by atoms with Crippen molar-refractivity contribution in [3.8, 4) is 5.69 Å². The minimum atomic E-state index is -3.39. The molecule has 1 amide bonds. The van der Waals surface area contributed by atoms with E-state index in [4.69, 9.17) is 12.2 Å². The predicted molar refractivity (Wildman–Crippen MR) is 87.1 cm³/mol. The summed E-state index contributed by atoms with van der Waals surface area (Å²) in [6.45, 7) is -0.243. The Bertz CT molecular complexity index is 839. The normalized spacial score (nSPS) is 11.6. The number of sulfonamides is 1. The van der Waals surface area contributed by atoms with Gasteiger partial charge in [0.25, 0.3) is 0 Å². The van der Waals surface area contributed by atoms with E-state index in [2.05, 4.69) is 10.3 Å². The molecule has 118 valence electrons. The van der Waals surface area contributed by atoms with E-state index < -0.39 is 15.9 Å². The van der Waals surface area contributed by atoms with Crippen LogP contribution in [0.15, 0.2) is 36.7 Å². The highest BCUT2D eigenvalue weighted by molar-refractivity contribution is 7.88. The molecule has 22 heavy (non-hydrogen) atoms. The van der Waals surface area contributed by atoms with Crippen molar-refractivity contribution in [1.82, 2.24) is 13.9 Å². The SMILES string of the molecule is CN(CC(=O)Nc1cccc(-n2cc[nH]c2=S)c1)S(C)(=O)=O. The lowest BCUT2D eigenvalue weighted by atomic mass is 10.2. The number of likely N-dealkylation sites (N-methyl/N-ethyl adjacent to an activating group) is 1. The summed E-state index contributed by atoms with van der Waals surface area (Å²) in [6.07, 6.45) is 4.55. The molecule has 0 atom stereocenters. The van der Waals surface area contributed by atoms with Crippen LogP contribution in [-0.4, -0.2) is 48.0 Å². The number of anilines is 1. The number of carbonyl (C=O) groups excluding carboxylic acids is 1. The smallest absolute Gasteiger partial charge is 0.239 e. The number of rotatable bonds is 5. The highest BCUT2D eigenvalue weighted by Gasteiger charge is 2.15. The van der Waals surface area contributed by atoms with Gasteiger partial charge < -0.3 is 10.3 Å². The summed E-state index contributed by atoms with van der Waals surface area (Å²) in [7, 11) is -2.04. The summed E-state index contributed by atoms with van der Waals surface area (Å²) in [5.41, 5.74) is 1.35. The summed E-state index contributed by atoms with van der Waals surface area (Å²) in [5, 5.41) is 2.66. The summed E-state index contributed by atoms with van der Waals surface area (Å²) in [6, 6.07) is 7.10. The number of carbonyl (C=O) groups is 1. The molecule has 0 aliphatic heterocycles. The fourth-order valence-electron chi connectivity index (χ4n) is 1.78. The lowest BCUT2D eigenvalue weighted by molar-refractivity contribution is -0.116. The fourth-order valence-corrected chi connectivity index (χ4v) is 2.36. The Morgan fingerprint density at radius 3 is 2.77 bits per heavy atom. The number of hydrogen-bond donors (Lipinski definition) is 2. The Kier molecular flexibility index (Phi) is 4.79. The Morgan fingerprint density at radius 2 is 2.18 bits per heavy atom.